The van der Waals surface area contributed by atoms with Crippen LogP contribution in [0.3, 0.4) is 0 Å². The van der Waals surface area contributed by atoms with Crippen LogP contribution >= 0.6 is 0 Å². The number of methoxy groups -OCH3 is 1. The van der Waals surface area contributed by atoms with Gasteiger partial charge in [-0.25, -0.2) is 0 Å². The van der Waals surface area contributed by atoms with Gasteiger partial charge in [0.1, 0.15) is 11.9 Å². The van der Waals surface area contributed by atoms with Crippen molar-refractivity contribution < 1.29 is 24.2 Å². The lowest BCUT2D eigenvalue weighted by Crippen LogP contribution is -2.33. The standard InChI is InChI=1S/C31H32N4O3.C2H4O2/c1-37-28-20-25(14-17-27(28)38-19-18-22-8-4-2-5-9-22)29(31(36)34-21-23-10-6-3-7-11-23)35-26-15-12-24(13-16-26)30(32)33;1-2(3)4/h2-17,20,29,35H,18-19,21H2,1H3,(H3,32,33)(H,34,36);1H3,(H,3,4). The number of nitrogens with two attached hydrogens (primary N) is 1. The van der Waals surface area contributed by atoms with Crippen LogP contribution in [0.2, 0.25) is 0 Å². The fraction of sp³-hybridized carbons (Fsp3) is 0.182. The third kappa shape index (κ3) is 10.0. The summed E-state index contributed by atoms with van der Waals surface area (Å²) in [6.45, 7) is 1.99. The third-order valence-corrected chi connectivity index (χ3v) is 6.09. The number of carbonyl (C=O) groups is 2. The van der Waals surface area contributed by atoms with Crippen molar-refractivity contribution in [1.29, 1.82) is 5.41 Å². The molecular formula is C33H36N4O5. The van der Waals surface area contributed by atoms with Gasteiger partial charge in [0.25, 0.3) is 5.97 Å². The Hall–Kier alpha value is -5.31. The molecule has 218 valence electrons. The van der Waals surface area contributed by atoms with Crippen LogP contribution in [-0.4, -0.2) is 36.5 Å². The Morgan fingerprint density at radius 2 is 1.48 bits per heavy atom. The molecule has 6 N–H and O–H groups in total. The number of ether oxygens (including phenoxy) is 2. The zero-order chi connectivity index (χ0) is 30.3. The number of hydrogen-bond acceptors (Lipinski definition) is 6. The molecule has 0 saturated heterocycles. The van der Waals surface area contributed by atoms with Crippen molar-refractivity contribution >= 4 is 23.4 Å². The maximum Gasteiger partial charge on any atom is 0.300 e. The summed E-state index contributed by atoms with van der Waals surface area (Å²) in [5.41, 5.74) is 9.83. The van der Waals surface area contributed by atoms with Crippen LogP contribution in [0.1, 0.15) is 35.2 Å². The lowest BCUT2D eigenvalue weighted by molar-refractivity contribution is -0.134. The Bertz CT molecular complexity index is 1440. The number of aliphatic carboxylic acids is 1. The number of hydrogen-bond donors (Lipinski definition) is 5. The second kappa shape index (κ2) is 16.1. The van der Waals surface area contributed by atoms with E-state index in [1.165, 1.54) is 5.56 Å². The van der Waals surface area contributed by atoms with E-state index in [1.807, 2.05) is 66.7 Å². The Morgan fingerprint density at radius 1 is 0.881 bits per heavy atom. The molecule has 0 spiro atoms. The molecule has 0 aliphatic heterocycles. The topological polar surface area (TPSA) is 147 Å². The fourth-order valence-corrected chi connectivity index (χ4v) is 4.01. The van der Waals surface area contributed by atoms with E-state index in [0.29, 0.717) is 30.2 Å². The van der Waals surface area contributed by atoms with Crippen LogP contribution in [0.4, 0.5) is 5.69 Å². The highest BCUT2D eigenvalue weighted by Crippen LogP contribution is 2.32. The molecule has 0 bridgehead atoms. The molecule has 9 nitrogen and oxygen atoms in total. The number of benzene rings is 4. The van der Waals surface area contributed by atoms with E-state index >= 15 is 0 Å². The summed E-state index contributed by atoms with van der Waals surface area (Å²) in [7, 11) is 1.58. The normalized spacial score (nSPS) is 10.8. The summed E-state index contributed by atoms with van der Waals surface area (Å²) in [6, 6.07) is 31.8. The van der Waals surface area contributed by atoms with Crippen LogP contribution in [-0.2, 0) is 22.6 Å². The average Bonchev–Trinajstić information content (AvgIpc) is 3.00. The van der Waals surface area contributed by atoms with Crippen molar-refractivity contribution in [1.82, 2.24) is 5.32 Å². The maximum atomic E-state index is 13.4. The van der Waals surface area contributed by atoms with Gasteiger partial charge in [0.15, 0.2) is 11.5 Å². The number of anilines is 1. The fourth-order valence-electron chi connectivity index (χ4n) is 4.01. The molecule has 4 aromatic carbocycles. The molecule has 1 atom stereocenters. The highest BCUT2D eigenvalue weighted by atomic mass is 16.5. The van der Waals surface area contributed by atoms with E-state index in [0.717, 1.165) is 30.2 Å². The summed E-state index contributed by atoms with van der Waals surface area (Å²) < 4.78 is 11.6. The molecule has 1 amide bonds. The molecule has 4 aromatic rings. The first-order valence-corrected chi connectivity index (χ1v) is 13.3. The van der Waals surface area contributed by atoms with E-state index < -0.39 is 12.0 Å². The molecule has 1 unspecified atom stereocenters. The molecule has 0 aliphatic rings. The van der Waals surface area contributed by atoms with Gasteiger partial charge in [-0.15, -0.1) is 0 Å². The Labute approximate surface area is 245 Å². The summed E-state index contributed by atoms with van der Waals surface area (Å²) in [5, 5.41) is 21.4. The van der Waals surface area contributed by atoms with E-state index in [9.17, 15) is 4.79 Å². The van der Waals surface area contributed by atoms with E-state index in [4.69, 9.17) is 30.5 Å². The first-order valence-electron chi connectivity index (χ1n) is 13.3. The number of nitrogen functional groups attached to an aromatic ring is 1. The monoisotopic (exact) mass is 568 g/mol. The van der Waals surface area contributed by atoms with Gasteiger partial charge in [0.05, 0.1) is 13.7 Å². The van der Waals surface area contributed by atoms with Crippen LogP contribution < -0.4 is 25.8 Å². The quantitative estimate of drug-likeness (QED) is 0.117. The maximum absolute atomic E-state index is 13.4. The van der Waals surface area contributed by atoms with Crippen LogP contribution in [0, 0.1) is 5.41 Å². The molecule has 42 heavy (non-hydrogen) atoms. The lowest BCUT2D eigenvalue weighted by atomic mass is 10.0. The molecule has 0 aliphatic carbocycles. The highest BCUT2D eigenvalue weighted by Gasteiger charge is 2.22. The Morgan fingerprint density at radius 3 is 2.05 bits per heavy atom. The number of amides is 1. The van der Waals surface area contributed by atoms with Gasteiger partial charge in [0.2, 0.25) is 5.91 Å². The first kappa shape index (κ1) is 31.2. The van der Waals surface area contributed by atoms with E-state index in [-0.39, 0.29) is 11.7 Å². The predicted octanol–water partition coefficient (Wildman–Crippen LogP) is 5.16. The molecule has 0 aromatic heterocycles. The number of rotatable bonds is 12. The number of amidine groups is 1. The summed E-state index contributed by atoms with van der Waals surface area (Å²) in [6.07, 6.45) is 0.772. The number of nitrogens with one attached hydrogen (secondary N) is 3. The van der Waals surface area contributed by atoms with Gasteiger partial charge in [0, 0.05) is 31.1 Å². The molecule has 0 fully saturated rings. The lowest BCUT2D eigenvalue weighted by Gasteiger charge is -2.22. The minimum Gasteiger partial charge on any atom is -0.493 e. The van der Waals surface area contributed by atoms with Gasteiger partial charge in [-0.05, 0) is 53.1 Å². The largest absolute Gasteiger partial charge is 0.493 e. The molecule has 4 rings (SSSR count). The van der Waals surface area contributed by atoms with Crippen molar-refractivity contribution in [2.75, 3.05) is 19.0 Å². The highest BCUT2D eigenvalue weighted by molar-refractivity contribution is 5.95. The second-order valence-corrected chi connectivity index (χ2v) is 9.29. The number of carboxylic acids is 1. The SMILES string of the molecule is CC(=O)O.COc1cc(C(Nc2ccc(C(=N)N)cc2)C(=O)NCc2ccccc2)ccc1OCCc1ccccc1. The third-order valence-electron chi connectivity index (χ3n) is 6.09. The average molecular weight is 569 g/mol. The van der Waals surface area contributed by atoms with Crippen molar-refractivity contribution in [3.63, 3.8) is 0 Å². The van der Waals surface area contributed by atoms with Gasteiger partial charge in [-0.2, -0.15) is 0 Å². The molecule has 0 radical (unpaired) electrons. The second-order valence-electron chi connectivity index (χ2n) is 9.29. The van der Waals surface area contributed by atoms with Crippen LogP contribution in [0.15, 0.2) is 103 Å². The van der Waals surface area contributed by atoms with Crippen molar-refractivity contribution in [3.8, 4) is 11.5 Å². The van der Waals surface area contributed by atoms with Gasteiger partial charge < -0.3 is 30.9 Å². The summed E-state index contributed by atoms with van der Waals surface area (Å²) in [4.78, 5) is 22.4. The minimum absolute atomic E-state index is 0.0127. The van der Waals surface area contributed by atoms with Crippen LogP contribution in [0.5, 0.6) is 11.5 Å². The first-order chi connectivity index (χ1) is 20.3. The Kier molecular flexibility index (Phi) is 11.9. The summed E-state index contributed by atoms with van der Waals surface area (Å²) in [5.74, 6) is 0.122. The molecular weight excluding hydrogens is 532 g/mol. The minimum atomic E-state index is -0.833. The van der Waals surface area contributed by atoms with E-state index in [1.54, 1.807) is 31.4 Å². The van der Waals surface area contributed by atoms with Crippen molar-refractivity contribution in [2.45, 2.75) is 25.9 Å². The van der Waals surface area contributed by atoms with Gasteiger partial charge in [-0.3, -0.25) is 15.0 Å². The van der Waals surface area contributed by atoms with Gasteiger partial charge >= 0.3 is 0 Å². The smallest absolute Gasteiger partial charge is 0.300 e. The zero-order valence-electron chi connectivity index (χ0n) is 23.7. The molecule has 0 saturated carbocycles. The van der Waals surface area contributed by atoms with E-state index in [2.05, 4.69) is 22.8 Å². The Balaban J connectivity index is 0.00000114. The van der Waals surface area contributed by atoms with Gasteiger partial charge in [-0.1, -0.05) is 66.7 Å². The summed E-state index contributed by atoms with van der Waals surface area (Å²) >= 11 is 0. The molecule has 0 heterocycles. The van der Waals surface area contributed by atoms with Crippen molar-refractivity contribution in [2.24, 2.45) is 5.73 Å². The van der Waals surface area contributed by atoms with Crippen LogP contribution in [0.25, 0.3) is 0 Å². The molecule has 9 heteroatoms. The predicted molar refractivity (Wildman–Crippen MR) is 164 cm³/mol. The number of carboxylic acid groups (broad SMARTS) is 1. The van der Waals surface area contributed by atoms with Crippen molar-refractivity contribution in [3.05, 3.63) is 125 Å². The zero-order valence-corrected chi connectivity index (χ0v) is 23.7. The number of carbonyl (C=O) groups excluding carboxylic acids is 1.